The predicted molar refractivity (Wildman–Crippen MR) is 70.7 cm³/mol. The van der Waals surface area contributed by atoms with Gasteiger partial charge in [0.25, 0.3) is 0 Å². The molecule has 0 saturated carbocycles. The first-order chi connectivity index (χ1) is 8.20. The molecule has 0 aliphatic carbocycles. The van der Waals surface area contributed by atoms with Crippen molar-refractivity contribution in [2.45, 2.75) is 0 Å². The molecule has 1 N–H and O–H groups in total. The Kier molecular flexibility index (Phi) is 3.53. The molecular formula is C13H8Cl2N2. The number of nitriles is 1. The van der Waals surface area contributed by atoms with E-state index in [0.29, 0.717) is 15.6 Å². The van der Waals surface area contributed by atoms with Crippen LogP contribution in [-0.4, -0.2) is 4.98 Å². The number of H-pyrrole nitrogens is 1. The maximum absolute atomic E-state index is 9.13. The molecule has 1 aromatic carbocycles. The zero-order chi connectivity index (χ0) is 12.3. The summed E-state index contributed by atoms with van der Waals surface area (Å²) in [4.78, 5) is 3.01. The summed E-state index contributed by atoms with van der Waals surface area (Å²) in [6.07, 6.45) is 3.56. The van der Waals surface area contributed by atoms with Crippen LogP contribution in [0.5, 0.6) is 0 Å². The third-order valence-electron chi connectivity index (χ3n) is 2.27. The van der Waals surface area contributed by atoms with Crippen LogP contribution in [0.3, 0.4) is 0 Å². The van der Waals surface area contributed by atoms with E-state index in [2.05, 4.69) is 11.1 Å². The highest BCUT2D eigenvalue weighted by Gasteiger charge is 2.04. The number of benzene rings is 1. The van der Waals surface area contributed by atoms with Crippen LogP contribution in [-0.2, 0) is 0 Å². The molecule has 0 saturated heterocycles. The van der Waals surface area contributed by atoms with Crippen molar-refractivity contribution in [3.8, 4) is 6.07 Å². The fourth-order valence-electron chi connectivity index (χ4n) is 1.43. The zero-order valence-corrected chi connectivity index (χ0v) is 10.3. The van der Waals surface area contributed by atoms with Gasteiger partial charge in [-0.2, -0.15) is 5.26 Å². The third kappa shape index (κ3) is 2.71. The van der Waals surface area contributed by atoms with Gasteiger partial charge in [-0.25, -0.2) is 0 Å². The SMILES string of the molecule is N#C/C(=C/c1ccc[nH]1)c1ccc(Cl)c(Cl)c1. The molecule has 0 aliphatic rings. The van der Waals surface area contributed by atoms with Crippen LogP contribution in [0.15, 0.2) is 36.5 Å². The van der Waals surface area contributed by atoms with Crippen molar-refractivity contribution in [3.05, 3.63) is 57.8 Å². The minimum atomic E-state index is 0.441. The summed E-state index contributed by atoms with van der Waals surface area (Å²) in [6, 6.07) is 11.0. The van der Waals surface area contributed by atoms with Crippen molar-refractivity contribution < 1.29 is 0 Å². The van der Waals surface area contributed by atoms with E-state index in [1.807, 2.05) is 12.1 Å². The number of hydrogen-bond acceptors (Lipinski definition) is 1. The first-order valence-corrected chi connectivity index (χ1v) is 5.67. The second-order valence-corrected chi connectivity index (χ2v) is 4.24. The zero-order valence-electron chi connectivity index (χ0n) is 8.74. The topological polar surface area (TPSA) is 39.6 Å². The van der Waals surface area contributed by atoms with E-state index in [4.69, 9.17) is 28.5 Å². The maximum Gasteiger partial charge on any atom is 0.0998 e. The van der Waals surface area contributed by atoms with E-state index in [0.717, 1.165) is 11.3 Å². The van der Waals surface area contributed by atoms with Gasteiger partial charge >= 0.3 is 0 Å². The van der Waals surface area contributed by atoms with Crippen LogP contribution in [0.1, 0.15) is 11.3 Å². The van der Waals surface area contributed by atoms with Gasteiger partial charge in [-0.15, -0.1) is 0 Å². The average Bonchev–Trinajstić information content (AvgIpc) is 2.82. The van der Waals surface area contributed by atoms with E-state index in [-0.39, 0.29) is 0 Å². The number of aromatic nitrogens is 1. The van der Waals surface area contributed by atoms with Crippen molar-refractivity contribution in [1.29, 1.82) is 5.26 Å². The lowest BCUT2D eigenvalue weighted by molar-refractivity contribution is 1.38. The highest BCUT2D eigenvalue weighted by atomic mass is 35.5. The van der Waals surface area contributed by atoms with Crippen LogP contribution in [0.25, 0.3) is 11.6 Å². The van der Waals surface area contributed by atoms with Crippen LogP contribution in [0.4, 0.5) is 0 Å². The molecule has 0 spiro atoms. The molecule has 0 amide bonds. The highest BCUT2D eigenvalue weighted by molar-refractivity contribution is 6.42. The Balaban J connectivity index is 2.43. The highest BCUT2D eigenvalue weighted by Crippen LogP contribution is 2.26. The number of allylic oxidation sites excluding steroid dienone is 1. The Hall–Kier alpha value is -1.69. The van der Waals surface area contributed by atoms with Crippen LogP contribution in [0, 0.1) is 11.3 Å². The van der Waals surface area contributed by atoms with Gasteiger partial charge in [0.15, 0.2) is 0 Å². The van der Waals surface area contributed by atoms with Crippen molar-refractivity contribution in [2.24, 2.45) is 0 Å². The van der Waals surface area contributed by atoms with E-state index in [1.165, 1.54) is 0 Å². The van der Waals surface area contributed by atoms with Gasteiger partial charge in [0.05, 0.1) is 21.7 Å². The Morgan fingerprint density at radius 1 is 1.24 bits per heavy atom. The number of halogens is 2. The summed E-state index contributed by atoms with van der Waals surface area (Å²) >= 11 is 11.8. The molecule has 2 rings (SSSR count). The molecule has 0 fully saturated rings. The molecule has 4 heteroatoms. The molecule has 0 bridgehead atoms. The summed E-state index contributed by atoms with van der Waals surface area (Å²) in [6.45, 7) is 0. The molecule has 2 aromatic rings. The number of hydrogen-bond donors (Lipinski definition) is 1. The van der Waals surface area contributed by atoms with E-state index >= 15 is 0 Å². The van der Waals surface area contributed by atoms with Gasteiger partial charge in [-0.3, -0.25) is 0 Å². The Labute approximate surface area is 109 Å². The van der Waals surface area contributed by atoms with E-state index in [1.54, 1.807) is 30.5 Å². The molecule has 0 unspecified atom stereocenters. The molecule has 0 atom stereocenters. The van der Waals surface area contributed by atoms with Gasteiger partial charge in [0, 0.05) is 11.9 Å². The monoisotopic (exact) mass is 262 g/mol. The largest absolute Gasteiger partial charge is 0.362 e. The molecule has 1 heterocycles. The summed E-state index contributed by atoms with van der Waals surface area (Å²) in [5, 5.41) is 10.1. The van der Waals surface area contributed by atoms with Crippen LogP contribution in [0.2, 0.25) is 10.0 Å². The summed E-state index contributed by atoms with van der Waals surface area (Å²) in [7, 11) is 0. The number of rotatable bonds is 2. The van der Waals surface area contributed by atoms with Gasteiger partial charge in [0.2, 0.25) is 0 Å². The minimum Gasteiger partial charge on any atom is -0.362 e. The Morgan fingerprint density at radius 3 is 2.65 bits per heavy atom. The number of nitrogens with one attached hydrogen (secondary N) is 1. The third-order valence-corrected chi connectivity index (χ3v) is 3.01. The molecule has 1 aromatic heterocycles. The van der Waals surface area contributed by atoms with Gasteiger partial charge in [-0.1, -0.05) is 29.3 Å². The van der Waals surface area contributed by atoms with Crippen molar-refractivity contribution in [2.75, 3.05) is 0 Å². The lowest BCUT2D eigenvalue weighted by Gasteiger charge is -2.01. The van der Waals surface area contributed by atoms with Gasteiger partial charge in [-0.05, 0) is 35.9 Å². The lowest BCUT2D eigenvalue weighted by Crippen LogP contribution is -1.83. The van der Waals surface area contributed by atoms with E-state index in [9.17, 15) is 0 Å². The smallest absolute Gasteiger partial charge is 0.0998 e. The second-order valence-electron chi connectivity index (χ2n) is 3.42. The fraction of sp³-hybridized carbons (Fsp3) is 0. The van der Waals surface area contributed by atoms with Gasteiger partial charge < -0.3 is 4.98 Å². The molecule has 17 heavy (non-hydrogen) atoms. The van der Waals surface area contributed by atoms with Crippen molar-refractivity contribution >= 4 is 34.9 Å². The summed E-state index contributed by atoms with van der Waals surface area (Å²) in [5.41, 5.74) is 2.15. The number of nitrogens with zero attached hydrogens (tertiary/aromatic N) is 1. The lowest BCUT2D eigenvalue weighted by atomic mass is 10.1. The summed E-state index contributed by atoms with van der Waals surface area (Å²) in [5.74, 6) is 0. The molecular weight excluding hydrogens is 255 g/mol. The molecule has 0 aliphatic heterocycles. The average molecular weight is 263 g/mol. The quantitative estimate of drug-likeness (QED) is 0.802. The van der Waals surface area contributed by atoms with E-state index < -0.39 is 0 Å². The fourth-order valence-corrected chi connectivity index (χ4v) is 1.73. The molecule has 2 nitrogen and oxygen atoms in total. The Bertz CT molecular complexity index is 592. The van der Waals surface area contributed by atoms with Crippen LogP contribution < -0.4 is 0 Å². The first kappa shape index (κ1) is 11.8. The standard InChI is InChI=1S/C13H8Cl2N2/c14-12-4-3-9(7-13(12)15)10(8-16)6-11-2-1-5-17-11/h1-7,17H/b10-6-. The predicted octanol–water partition coefficient (Wildman–Crippen LogP) is 4.39. The van der Waals surface area contributed by atoms with Crippen LogP contribution >= 0.6 is 23.2 Å². The molecule has 0 radical (unpaired) electrons. The first-order valence-electron chi connectivity index (χ1n) is 4.91. The summed E-state index contributed by atoms with van der Waals surface area (Å²) < 4.78 is 0. The number of aromatic amines is 1. The Morgan fingerprint density at radius 2 is 2.06 bits per heavy atom. The van der Waals surface area contributed by atoms with Gasteiger partial charge in [0.1, 0.15) is 0 Å². The van der Waals surface area contributed by atoms with Crippen molar-refractivity contribution in [1.82, 2.24) is 4.98 Å². The van der Waals surface area contributed by atoms with Crippen molar-refractivity contribution in [3.63, 3.8) is 0 Å². The normalized spacial score (nSPS) is 11.2. The second kappa shape index (κ2) is 5.09. The maximum atomic E-state index is 9.13. The molecule has 84 valence electrons. The minimum absolute atomic E-state index is 0.441.